The third kappa shape index (κ3) is 2.92. The van der Waals surface area contributed by atoms with Crippen molar-refractivity contribution in [1.82, 2.24) is 15.3 Å². The third-order valence-electron chi connectivity index (χ3n) is 2.04. The van der Waals surface area contributed by atoms with Crippen LogP contribution in [0, 0.1) is 0 Å². The summed E-state index contributed by atoms with van der Waals surface area (Å²) in [5, 5.41) is 3.01. The van der Waals surface area contributed by atoms with Gasteiger partial charge in [0.1, 0.15) is 5.82 Å². The van der Waals surface area contributed by atoms with Gasteiger partial charge in [-0.1, -0.05) is 11.6 Å². The Bertz CT molecular complexity index is 529. The van der Waals surface area contributed by atoms with Gasteiger partial charge in [0.25, 0.3) is 5.91 Å². The van der Waals surface area contributed by atoms with Crippen molar-refractivity contribution in [1.29, 1.82) is 0 Å². The summed E-state index contributed by atoms with van der Waals surface area (Å²) in [6.07, 6.45) is 3.10. The number of pyridine rings is 1. The van der Waals surface area contributed by atoms with Crippen LogP contribution in [0.4, 0.5) is 5.82 Å². The van der Waals surface area contributed by atoms with Gasteiger partial charge < -0.3 is 11.1 Å². The molecule has 0 aromatic carbocycles. The summed E-state index contributed by atoms with van der Waals surface area (Å²) in [6, 6.07) is 1.49. The average molecular weight is 269 g/mol. The van der Waals surface area contributed by atoms with Gasteiger partial charge in [-0.25, -0.2) is 4.98 Å². The molecule has 0 spiro atoms. The minimum Gasteiger partial charge on any atom is -0.382 e. The molecule has 0 aliphatic carbocycles. The minimum absolute atomic E-state index is 0.214. The van der Waals surface area contributed by atoms with Crippen molar-refractivity contribution < 1.29 is 4.79 Å². The zero-order chi connectivity index (χ0) is 12.3. The molecule has 3 N–H and O–H groups in total. The lowest BCUT2D eigenvalue weighted by atomic mass is 10.2. The zero-order valence-corrected chi connectivity index (χ0v) is 10.3. The lowest BCUT2D eigenvalue weighted by Crippen LogP contribution is -2.22. The second-order valence-electron chi connectivity index (χ2n) is 3.24. The lowest BCUT2D eigenvalue weighted by molar-refractivity contribution is 0.0951. The van der Waals surface area contributed by atoms with Crippen LogP contribution in [0.5, 0.6) is 0 Å². The van der Waals surface area contributed by atoms with E-state index in [-0.39, 0.29) is 16.7 Å². The molecular weight excluding hydrogens is 260 g/mol. The predicted octanol–water partition coefficient (Wildman–Crippen LogP) is 1.70. The van der Waals surface area contributed by atoms with Gasteiger partial charge in [-0.2, -0.15) is 0 Å². The summed E-state index contributed by atoms with van der Waals surface area (Å²) < 4.78 is 0. The van der Waals surface area contributed by atoms with Gasteiger partial charge >= 0.3 is 0 Å². The van der Waals surface area contributed by atoms with E-state index in [1.807, 2.05) is 0 Å². The highest BCUT2D eigenvalue weighted by Crippen LogP contribution is 2.16. The Morgan fingerprint density at radius 2 is 2.35 bits per heavy atom. The first-order valence-corrected chi connectivity index (χ1v) is 5.99. The molecule has 2 rings (SSSR count). The molecule has 0 unspecified atom stereocenters. The quantitative estimate of drug-likeness (QED) is 0.888. The molecule has 17 heavy (non-hydrogen) atoms. The number of anilines is 1. The van der Waals surface area contributed by atoms with E-state index < -0.39 is 0 Å². The fraction of sp³-hybridized carbons (Fsp3) is 0.100. The first-order valence-electron chi connectivity index (χ1n) is 4.73. The van der Waals surface area contributed by atoms with E-state index in [2.05, 4.69) is 15.3 Å². The normalized spacial score (nSPS) is 10.2. The molecule has 0 fully saturated rings. The molecule has 0 atom stereocenters. The van der Waals surface area contributed by atoms with Gasteiger partial charge in [0.05, 0.1) is 22.6 Å². The number of nitrogen functional groups attached to an aromatic ring is 1. The molecule has 0 radical (unpaired) electrons. The number of rotatable bonds is 3. The number of nitrogens with two attached hydrogens (primary N) is 1. The second-order valence-corrected chi connectivity index (χ2v) is 4.62. The summed E-state index contributed by atoms with van der Waals surface area (Å²) in [7, 11) is 0. The Hall–Kier alpha value is -1.66. The number of nitrogens with zero attached hydrogens (tertiary/aromatic N) is 2. The predicted molar refractivity (Wildman–Crippen MR) is 66.9 cm³/mol. The Morgan fingerprint density at radius 1 is 1.53 bits per heavy atom. The van der Waals surface area contributed by atoms with Gasteiger partial charge in [-0.15, -0.1) is 11.3 Å². The number of hydrogen-bond acceptors (Lipinski definition) is 5. The van der Waals surface area contributed by atoms with Crippen LogP contribution in [0.3, 0.4) is 0 Å². The van der Waals surface area contributed by atoms with Crippen molar-refractivity contribution in [3.05, 3.63) is 39.4 Å². The Balaban J connectivity index is 2.02. The molecule has 88 valence electrons. The van der Waals surface area contributed by atoms with Crippen molar-refractivity contribution in [2.24, 2.45) is 0 Å². The highest BCUT2D eigenvalue weighted by atomic mass is 35.5. The Morgan fingerprint density at radius 3 is 3.00 bits per heavy atom. The molecule has 0 bridgehead atoms. The fourth-order valence-corrected chi connectivity index (χ4v) is 1.87. The maximum absolute atomic E-state index is 11.7. The van der Waals surface area contributed by atoms with E-state index >= 15 is 0 Å². The van der Waals surface area contributed by atoms with Crippen LogP contribution >= 0.6 is 22.9 Å². The number of carbonyl (C=O) groups is 1. The van der Waals surface area contributed by atoms with Crippen molar-refractivity contribution in [3.63, 3.8) is 0 Å². The maximum atomic E-state index is 11.7. The first-order chi connectivity index (χ1) is 8.16. The van der Waals surface area contributed by atoms with E-state index in [9.17, 15) is 4.79 Å². The maximum Gasteiger partial charge on any atom is 0.253 e. The van der Waals surface area contributed by atoms with E-state index in [1.54, 1.807) is 11.7 Å². The summed E-state index contributed by atoms with van der Waals surface area (Å²) in [5.41, 5.74) is 7.55. The van der Waals surface area contributed by atoms with Crippen LogP contribution in [-0.2, 0) is 6.54 Å². The third-order valence-corrected chi connectivity index (χ3v) is 3.12. The lowest BCUT2D eigenvalue weighted by Gasteiger charge is -2.04. The molecular formula is C10H9ClN4OS. The highest BCUT2D eigenvalue weighted by Gasteiger charge is 2.08. The summed E-state index contributed by atoms with van der Waals surface area (Å²) >= 11 is 7.26. The van der Waals surface area contributed by atoms with Crippen LogP contribution < -0.4 is 11.1 Å². The molecule has 5 nitrogen and oxygen atoms in total. The zero-order valence-electron chi connectivity index (χ0n) is 8.68. The highest BCUT2D eigenvalue weighted by molar-refractivity contribution is 7.09. The first kappa shape index (κ1) is 11.8. The van der Waals surface area contributed by atoms with Gasteiger partial charge in [-0.05, 0) is 6.07 Å². The molecule has 7 heteroatoms. The average Bonchev–Trinajstić information content (AvgIpc) is 2.82. The van der Waals surface area contributed by atoms with Gasteiger partial charge in [0.2, 0.25) is 0 Å². The van der Waals surface area contributed by atoms with Crippen molar-refractivity contribution >= 4 is 34.7 Å². The standard InChI is InChI=1S/C10H9ClN4OS/c11-8-1-6(2-14-9(8)12)10(16)15-4-7-3-13-5-17-7/h1-3,5H,4H2,(H2,12,14)(H,15,16). The van der Waals surface area contributed by atoms with Crippen LogP contribution in [-0.4, -0.2) is 15.9 Å². The smallest absolute Gasteiger partial charge is 0.253 e. The number of thiazole rings is 1. The largest absolute Gasteiger partial charge is 0.382 e. The SMILES string of the molecule is Nc1ncc(C(=O)NCc2cncs2)cc1Cl. The molecule has 2 heterocycles. The van der Waals surface area contributed by atoms with Crippen LogP contribution in [0.15, 0.2) is 24.0 Å². The van der Waals surface area contributed by atoms with Gasteiger partial charge in [0.15, 0.2) is 0 Å². The molecule has 2 aromatic heterocycles. The van der Waals surface area contributed by atoms with Gasteiger partial charge in [-0.3, -0.25) is 9.78 Å². The second kappa shape index (κ2) is 5.11. The molecule has 0 saturated carbocycles. The number of carbonyl (C=O) groups excluding carboxylic acids is 1. The molecule has 0 aliphatic heterocycles. The number of nitrogens with one attached hydrogen (secondary N) is 1. The van der Waals surface area contributed by atoms with Crippen molar-refractivity contribution in [3.8, 4) is 0 Å². The summed E-state index contributed by atoms with van der Waals surface area (Å²) in [4.78, 5) is 20.5. The Labute approximate surface area is 107 Å². The summed E-state index contributed by atoms with van der Waals surface area (Å²) in [5.74, 6) is -0.0292. The molecule has 1 amide bonds. The number of amides is 1. The van der Waals surface area contributed by atoms with Crippen LogP contribution in [0.25, 0.3) is 0 Å². The number of hydrogen-bond donors (Lipinski definition) is 2. The number of aromatic nitrogens is 2. The van der Waals surface area contributed by atoms with Crippen molar-refractivity contribution in [2.75, 3.05) is 5.73 Å². The summed E-state index contributed by atoms with van der Waals surface area (Å²) in [6.45, 7) is 0.436. The van der Waals surface area contributed by atoms with E-state index in [0.29, 0.717) is 12.1 Å². The Kier molecular flexibility index (Phi) is 3.55. The molecule has 2 aromatic rings. The van der Waals surface area contributed by atoms with Crippen LogP contribution in [0.1, 0.15) is 15.2 Å². The molecule has 0 saturated heterocycles. The van der Waals surface area contributed by atoms with E-state index in [0.717, 1.165) is 4.88 Å². The van der Waals surface area contributed by atoms with E-state index in [1.165, 1.54) is 23.6 Å². The minimum atomic E-state index is -0.243. The molecule has 0 aliphatic rings. The van der Waals surface area contributed by atoms with Crippen molar-refractivity contribution in [2.45, 2.75) is 6.54 Å². The monoisotopic (exact) mass is 268 g/mol. The van der Waals surface area contributed by atoms with E-state index in [4.69, 9.17) is 17.3 Å². The topological polar surface area (TPSA) is 80.9 Å². The fourth-order valence-electron chi connectivity index (χ4n) is 1.17. The van der Waals surface area contributed by atoms with Gasteiger partial charge in [0, 0.05) is 17.3 Å². The van der Waals surface area contributed by atoms with Crippen LogP contribution in [0.2, 0.25) is 5.02 Å². The number of halogens is 1.